The van der Waals surface area contributed by atoms with Crippen LogP contribution < -0.4 is 10.1 Å². The molecule has 2 heterocycles. The molecule has 0 saturated carbocycles. The van der Waals surface area contributed by atoms with Crippen LogP contribution in [0.4, 0.5) is 5.69 Å². The molecule has 6 nitrogen and oxygen atoms in total. The molecule has 0 saturated heterocycles. The lowest BCUT2D eigenvalue weighted by molar-refractivity contribution is 0.102. The second-order valence-electron chi connectivity index (χ2n) is 4.65. The van der Waals surface area contributed by atoms with Crippen LogP contribution in [0.1, 0.15) is 37.0 Å². The van der Waals surface area contributed by atoms with Crippen molar-refractivity contribution in [3.8, 4) is 5.88 Å². The van der Waals surface area contributed by atoms with E-state index >= 15 is 0 Å². The van der Waals surface area contributed by atoms with Crippen LogP contribution in [0.15, 0.2) is 30.7 Å². The fraction of sp³-hybridized carbons (Fsp3) is 0.400. The van der Waals surface area contributed by atoms with Gasteiger partial charge in [-0.3, -0.25) is 14.5 Å². The summed E-state index contributed by atoms with van der Waals surface area (Å²) in [6.07, 6.45) is 6.80. The SMILES string of the molecule is CCCOc1nn(CCC)cc1C(=O)Nc1ccncc1. The van der Waals surface area contributed by atoms with E-state index in [1.54, 1.807) is 35.4 Å². The molecule has 0 aliphatic rings. The molecule has 1 amide bonds. The van der Waals surface area contributed by atoms with Gasteiger partial charge < -0.3 is 10.1 Å². The van der Waals surface area contributed by atoms with E-state index in [1.807, 2.05) is 6.92 Å². The summed E-state index contributed by atoms with van der Waals surface area (Å²) in [6, 6.07) is 3.47. The van der Waals surface area contributed by atoms with E-state index in [0.717, 1.165) is 19.4 Å². The van der Waals surface area contributed by atoms with Gasteiger partial charge in [0.2, 0.25) is 5.88 Å². The maximum atomic E-state index is 12.4. The Bertz CT molecular complexity index is 581. The number of hydrogen-bond donors (Lipinski definition) is 1. The third-order valence-electron chi connectivity index (χ3n) is 2.81. The van der Waals surface area contributed by atoms with Crippen LogP contribution in [0.25, 0.3) is 0 Å². The second-order valence-corrected chi connectivity index (χ2v) is 4.65. The zero-order valence-corrected chi connectivity index (χ0v) is 12.4. The highest BCUT2D eigenvalue weighted by Crippen LogP contribution is 2.18. The van der Waals surface area contributed by atoms with E-state index in [0.29, 0.717) is 23.7 Å². The summed E-state index contributed by atoms with van der Waals surface area (Å²) >= 11 is 0. The Morgan fingerprint density at radius 2 is 2.05 bits per heavy atom. The number of hydrogen-bond acceptors (Lipinski definition) is 4. The van der Waals surface area contributed by atoms with Gasteiger partial charge in [-0.25, -0.2) is 0 Å². The first-order valence-electron chi connectivity index (χ1n) is 7.16. The van der Waals surface area contributed by atoms with Gasteiger partial charge in [0.05, 0.1) is 6.61 Å². The van der Waals surface area contributed by atoms with E-state index in [-0.39, 0.29) is 5.91 Å². The van der Waals surface area contributed by atoms with Crippen LogP contribution in [0, 0.1) is 0 Å². The molecule has 1 N–H and O–H groups in total. The van der Waals surface area contributed by atoms with Crippen LogP contribution in [0.5, 0.6) is 5.88 Å². The topological polar surface area (TPSA) is 69.0 Å². The molecule has 6 heteroatoms. The number of nitrogens with one attached hydrogen (secondary N) is 1. The first-order valence-corrected chi connectivity index (χ1v) is 7.16. The van der Waals surface area contributed by atoms with E-state index in [9.17, 15) is 4.79 Å². The summed E-state index contributed by atoms with van der Waals surface area (Å²) in [5.74, 6) is 0.159. The minimum Gasteiger partial charge on any atom is -0.476 e. The molecule has 0 unspecified atom stereocenters. The molecular weight excluding hydrogens is 268 g/mol. The summed E-state index contributed by atoms with van der Waals surface area (Å²) < 4.78 is 7.31. The van der Waals surface area contributed by atoms with Crippen LogP contribution in [-0.2, 0) is 6.54 Å². The molecule has 0 aromatic carbocycles. The van der Waals surface area contributed by atoms with E-state index < -0.39 is 0 Å². The molecule has 0 fully saturated rings. The molecule has 112 valence electrons. The van der Waals surface area contributed by atoms with Crippen LogP contribution in [-0.4, -0.2) is 27.3 Å². The Morgan fingerprint density at radius 3 is 2.71 bits per heavy atom. The number of pyridine rings is 1. The minimum atomic E-state index is -0.227. The Morgan fingerprint density at radius 1 is 1.29 bits per heavy atom. The first kappa shape index (κ1) is 15.0. The van der Waals surface area contributed by atoms with Gasteiger partial charge in [-0.15, -0.1) is 5.10 Å². The van der Waals surface area contributed by atoms with Crippen molar-refractivity contribution in [3.05, 3.63) is 36.3 Å². The number of nitrogens with zero attached hydrogens (tertiary/aromatic N) is 3. The van der Waals surface area contributed by atoms with Gasteiger partial charge in [0.25, 0.3) is 5.91 Å². The maximum absolute atomic E-state index is 12.4. The van der Waals surface area contributed by atoms with Crippen LogP contribution in [0.3, 0.4) is 0 Å². The summed E-state index contributed by atoms with van der Waals surface area (Å²) in [6.45, 7) is 5.37. The highest BCUT2D eigenvalue weighted by molar-refractivity contribution is 6.05. The lowest BCUT2D eigenvalue weighted by atomic mass is 10.3. The molecule has 0 aliphatic carbocycles. The quantitative estimate of drug-likeness (QED) is 0.850. The van der Waals surface area contributed by atoms with Crippen molar-refractivity contribution in [2.45, 2.75) is 33.2 Å². The Hall–Kier alpha value is -2.37. The zero-order chi connectivity index (χ0) is 15.1. The van der Waals surface area contributed by atoms with Crippen molar-refractivity contribution in [1.29, 1.82) is 0 Å². The monoisotopic (exact) mass is 288 g/mol. The molecule has 0 aliphatic heterocycles. The normalized spacial score (nSPS) is 10.4. The van der Waals surface area contributed by atoms with Crippen LogP contribution in [0.2, 0.25) is 0 Å². The Labute approximate surface area is 124 Å². The number of ether oxygens (including phenoxy) is 1. The predicted molar refractivity (Wildman–Crippen MR) is 80.5 cm³/mol. The number of carbonyl (C=O) groups is 1. The number of amides is 1. The van der Waals surface area contributed by atoms with Crippen molar-refractivity contribution in [3.63, 3.8) is 0 Å². The smallest absolute Gasteiger partial charge is 0.262 e. The summed E-state index contributed by atoms with van der Waals surface area (Å²) in [7, 11) is 0. The fourth-order valence-electron chi connectivity index (χ4n) is 1.84. The fourth-order valence-corrected chi connectivity index (χ4v) is 1.84. The molecule has 0 atom stereocenters. The van der Waals surface area contributed by atoms with Gasteiger partial charge in [-0.1, -0.05) is 13.8 Å². The van der Waals surface area contributed by atoms with Crippen molar-refractivity contribution in [1.82, 2.24) is 14.8 Å². The molecule has 2 rings (SSSR count). The highest BCUT2D eigenvalue weighted by Gasteiger charge is 2.17. The number of anilines is 1. The van der Waals surface area contributed by atoms with Crippen molar-refractivity contribution in [2.24, 2.45) is 0 Å². The van der Waals surface area contributed by atoms with Gasteiger partial charge in [0.15, 0.2) is 0 Å². The van der Waals surface area contributed by atoms with Gasteiger partial charge in [0.1, 0.15) is 5.56 Å². The predicted octanol–water partition coefficient (Wildman–Crippen LogP) is 2.73. The number of aryl methyl sites for hydroxylation is 1. The summed E-state index contributed by atoms with van der Waals surface area (Å²) in [5, 5.41) is 7.14. The van der Waals surface area contributed by atoms with E-state index in [2.05, 4.69) is 22.3 Å². The molecule has 0 spiro atoms. The van der Waals surface area contributed by atoms with Gasteiger partial charge >= 0.3 is 0 Å². The molecule has 21 heavy (non-hydrogen) atoms. The average Bonchev–Trinajstić information content (AvgIpc) is 2.89. The molecule has 0 radical (unpaired) electrons. The van der Waals surface area contributed by atoms with Gasteiger partial charge in [-0.2, -0.15) is 0 Å². The number of aromatic nitrogens is 3. The highest BCUT2D eigenvalue weighted by atomic mass is 16.5. The Balaban J connectivity index is 2.17. The number of rotatable bonds is 7. The molecular formula is C15H20N4O2. The minimum absolute atomic E-state index is 0.227. The van der Waals surface area contributed by atoms with E-state index in [4.69, 9.17) is 4.74 Å². The third kappa shape index (κ3) is 4.05. The van der Waals surface area contributed by atoms with E-state index in [1.165, 1.54) is 0 Å². The zero-order valence-electron chi connectivity index (χ0n) is 12.4. The van der Waals surface area contributed by atoms with Crippen molar-refractivity contribution >= 4 is 11.6 Å². The lowest BCUT2D eigenvalue weighted by Gasteiger charge is -2.05. The standard InChI is InChI=1S/C15H20N4O2/c1-3-9-19-11-13(15(18-19)21-10-4-2)14(20)17-12-5-7-16-8-6-12/h5-8,11H,3-4,9-10H2,1-2H3,(H,16,17,20). The molecule has 2 aromatic heterocycles. The van der Waals surface area contributed by atoms with Crippen LogP contribution >= 0.6 is 0 Å². The lowest BCUT2D eigenvalue weighted by Crippen LogP contribution is -2.13. The average molecular weight is 288 g/mol. The van der Waals surface area contributed by atoms with Crippen molar-refractivity contribution < 1.29 is 9.53 Å². The summed E-state index contributed by atoms with van der Waals surface area (Å²) in [5.41, 5.74) is 1.15. The first-order chi connectivity index (χ1) is 10.2. The summed E-state index contributed by atoms with van der Waals surface area (Å²) in [4.78, 5) is 16.3. The van der Waals surface area contributed by atoms with Crippen molar-refractivity contribution in [2.75, 3.05) is 11.9 Å². The van der Waals surface area contributed by atoms with Gasteiger partial charge in [0, 0.05) is 30.8 Å². The molecule has 0 bridgehead atoms. The number of carbonyl (C=O) groups excluding carboxylic acids is 1. The third-order valence-corrected chi connectivity index (χ3v) is 2.81. The largest absolute Gasteiger partial charge is 0.476 e. The Kier molecular flexibility index (Phi) is 5.31. The van der Waals surface area contributed by atoms with Gasteiger partial charge in [-0.05, 0) is 25.0 Å². The molecule has 2 aromatic rings. The maximum Gasteiger partial charge on any atom is 0.262 e. The second kappa shape index (κ2) is 7.42.